The Morgan fingerprint density at radius 1 is 1.23 bits per heavy atom. The molecule has 0 aliphatic rings. The van der Waals surface area contributed by atoms with Crippen molar-refractivity contribution in [3.63, 3.8) is 0 Å². The second-order valence-corrected chi connectivity index (χ2v) is 3.62. The predicted octanol–water partition coefficient (Wildman–Crippen LogP) is 1.69. The average molecular weight is 194 g/mol. The molecule has 0 atom stereocenters. The van der Waals surface area contributed by atoms with E-state index >= 15 is 0 Å². The van der Waals surface area contributed by atoms with Crippen molar-refractivity contribution in [3.8, 4) is 0 Å². The summed E-state index contributed by atoms with van der Waals surface area (Å²) in [4.78, 5) is 8.63. The van der Waals surface area contributed by atoms with Crippen LogP contribution in [0.5, 0.6) is 0 Å². The normalized spacial score (nSPS) is 11.0. The first-order valence-electron chi connectivity index (χ1n) is 3.95. The summed E-state index contributed by atoms with van der Waals surface area (Å²) in [7, 11) is 0. The van der Waals surface area contributed by atoms with E-state index < -0.39 is 0 Å². The van der Waals surface area contributed by atoms with Crippen molar-refractivity contribution >= 4 is 22.8 Å². The molecule has 4 nitrogen and oxygen atoms in total. The van der Waals surface area contributed by atoms with E-state index in [9.17, 15) is 0 Å². The smallest absolute Gasteiger partial charge is 0.189 e. The first-order valence-corrected chi connectivity index (χ1v) is 5.18. The van der Waals surface area contributed by atoms with Crippen LogP contribution in [0.1, 0.15) is 11.4 Å². The van der Waals surface area contributed by atoms with Gasteiger partial charge in [-0.3, -0.25) is 5.10 Å². The SMILES string of the molecule is CSc1nc(C)c2c(C)[nH]nc2n1. The zero-order chi connectivity index (χ0) is 9.42. The number of rotatable bonds is 1. The van der Waals surface area contributed by atoms with Crippen LogP contribution < -0.4 is 0 Å². The molecule has 2 heterocycles. The number of hydrogen-bond donors (Lipinski definition) is 1. The number of aromatic nitrogens is 4. The average Bonchev–Trinajstić information content (AvgIpc) is 2.48. The maximum Gasteiger partial charge on any atom is 0.189 e. The van der Waals surface area contributed by atoms with E-state index in [-0.39, 0.29) is 0 Å². The van der Waals surface area contributed by atoms with Gasteiger partial charge < -0.3 is 0 Å². The third-order valence-electron chi connectivity index (χ3n) is 1.94. The highest BCUT2D eigenvalue weighted by molar-refractivity contribution is 7.98. The van der Waals surface area contributed by atoms with Gasteiger partial charge in [0, 0.05) is 5.69 Å². The van der Waals surface area contributed by atoms with Gasteiger partial charge in [-0.2, -0.15) is 5.10 Å². The molecule has 0 saturated carbocycles. The van der Waals surface area contributed by atoms with Gasteiger partial charge in [0.1, 0.15) is 0 Å². The summed E-state index contributed by atoms with van der Waals surface area (Å²) in [6, 6.07) is 0. The van der Waals surface area contributed by atoms with Crippen LogP contribution in [0.2, 0.25) is 0 Å². The van der Waals surface area contributed by atoms with Crippen molar-refractivity contribution in [1.29, 1.82) is 0 Å². The quantitative estimate of drug-likeness (QED) is 0.554. The Hall–Kier alpha value is -1.10. The first kappa shape index (κ1) is 8.50. The van der Waals surface area contributed by atoms with E-state index in [1.807, 2.05) is 20.1 Å². The summed E-state index contributed by atoms with van der Waals surface area (Å²) < 4.78 is 0. The van der Waals surface area contributed by atoms with Crippen LogP contribution in [-0.4, -0.2) is 26.4 Å². The van der Waals surface area contributed by atoms with Crippen molar-refractivity contribution in [3.05, 3.63) is 11.4 Å². The fraction of sp³-hybridized carbons (Fsp3) is 0.375. The standard InChI is InChI=1S/C8H10N4S/c1-4-6-5(2)11-12-7(6)10-8(9-4)13-3/h1-3H3,(H,9,10,11,12). The molecule has 0 amide bonds. The number of thioether (sulfide) groups is 1. The summed E-state index contributed by atoms with van der Waals surface area (Å²) in [6.45, 7) is 3.96. The largest absolute Gasteiger partial charge is 0.280 e. The molecule has 0 fully saturated rings. The molecule has 0 radical (unpaired) electrons. The highest BCUT2D eigenvalue weighted by Gasteiger charge is 2.08. The summed E-state index contributed by atoms with van der Waals surface area (Å²) in [5.41, 5.74) is 2.77. The van der Waals surface area contributed by atoms with Crippen LogP contribution in [-0.2, 0) is 0 Å². The third-order valence-corrected chi connectivity index (χ3v) is 2.49. The zero-order valence-electron chi connectivity index (χ0n) is 7.75. The monoisotopic (exact) mass is 194 g/mol. The lowest BCUT2D eigenvalue weighted by Gasteiger charge is -1.98. The van der Waals surface area contributed by atoms with Crippen molar-refractivity contribution in [2.75, 3.05) is 6.26 Å². The Morgan fingerprint density at radius 3 is 2.69 bits per heavy atom. The molecule has 0 aromatic carbocycles. The minimum atomic E-state index is 0.759. The maximum atomic E-state index is 4.34. The molecule has 2 rings (SSSR count). The van der Waals surface area contributed by atoms with Gasteiger partial charge in [0.2, 0.25) is 0 Å². The third kappa shape index (κ3) is 1.29. The number of fused-ring (bicyclic) bond motifs is 1. The van der Waals surface area contributed by atoms with Crippen LogP contribution in [0, 0.1) is 13.8 Å². The Kier molecular flexibility index (Phi) is 1.95. The van der Waals surface area contributed by atoms with Gasteiger partial charge in [0.25, 0.3) is 0 Å². The molecule has 0 bridgehead atoms. The molecule has 0 aliphatic carbocycles. The van der Waals surface area contributed by atoms with Crippen LogP contribution in [0.15, 0.2) is 5.16 Å². The van der Waals surface area contributed by atoms with Crippen molar-refractivity contribution in [2.24, 2.45) is 0 Å². The molecular formula is C8H10N4S. The van der Waals surface area contributed by atoms with Crippen LogP contribution >= 0.6 is 11.8 Å². The Balaban J connectivity index is 2.79. The van der Waals surface area contributed by atoms with Gasteiger partial charge in [-0.05, 0) is 20.1 Å². The lowest BCUT2D eigenvalue weighted by Crippen LogP contribution is -1.91. The summed E-state index contributed by atoms with van der Waals surface area (Å²) in [5.74, 6) is 0. The summed E-state index contributed by atoms with van der Waals surface area (Å²) in [6.07, 6.45) is 1.96. The Bertz CT molecular complexity index is 449. The molecular weight excluding hydrogens is 184 g/mol. The van der Waals surface area contributed by atoms with Crippen LogP contribution in [0.4, 0.5) is 0 Å². The molecule has 5 heteroatoms. The van der Waals surface area contributed by atoms with Gasteiger partial charge in [-0.1, -0.05) is 11.8 Å². The van der Waals surface area contributed by atoms with Crippen molar-refractivity contribution in [2.45, 2.75) is 19.0 Å². The van der Waals surface area contributed by atoms with Gasteiger partial charge in [0.05, 0.1) is 11.1 Å². The van der Waals surface area contributed by atoms with Crippen LogP contribution in [0.25, 0.3) is 11.0 Å². The minimum absolute atomic E-state index is 0.759. The van der Waals surface area contributed by atoms with Crippen molar-refractivity contribution < 1.29 is 0 Å². The van der Waals surface area contributed by atoms with Gasteiger partial charge in [-0.15, -0.1) is 0 Å². The topological polar surface area (TPSA) is 54.5 Å². The van der Waals surface area contributed by atoms with Gasteiger partial charge in [0.15, 0.2) is 10.8 Å². The number of nitrogens with zero attached hydrogens (tertiary/aromatic N) is 3. The van der Waals surface area contributed by atoms with E-state index in [0.29, 0.717) is 0 Å². The predicted molar refractivity (Wildman–Crippen MR) is 52.9 cm³/mol. The number of nitrogens with one attached hydrogen (secondary N) is 1. The van der Waals surface area contributed by atoms with E-state index in [2.05, 4.69) is 20.2 Å². The number of hydrogen-bond acceptors (Lipinski definition) is 4. The molecule has 2 aromatic rings. The summed E-state index contributed by atoms with van der Waals surface area (Å²) >= 11 is 1.53. The zero-order valence-corrected chi connectivity index (χ0v) is 8.57. The number of H-pyrrole nitrogens is 1. The fourth-order valence-corrected chi connectivity index (χ4v) is 1.74. The molecule has 1 N–H and O–H groups in total. The Morgan fingerprint density at radius 2 is 2.00 bits per heavy atom. The van der Waals surface area contributed by atoms with E-state index in [4.69, 9.17) is 0 Å². The molecule has 13 heavy (non-hydrogen) atoms. The second kappa shape index (κ2) is 2.99. The van der Waals surface area contributed by atoms with Crippen molar-refractivity contribution in [1.82, 2.24) is 20.2 Å². The minimum Gasteiger partial charge on any atom is -0.280 e. The maximum absolute atomic E-state index is 4.34. The lowest BCUT2D eigenvalue weighted by molar-refractivity contribution is 0.957. The molecule has 0 spiro atoms. The van der Waals surface area contributed by atoms with E-state index in [1.54, 1.807) is 0 Å². The molecule has 68 valence electrons. The molecule has 0 aliphatic heterocycles. The highest BCUT2D eigenvalue weighted by Crippen LogP contribution is 2.19. The number of aryl methyl sites for hydroxylation is 2. The molecule has 0 unspecified atom stereocenters. The number of aromatic amines is 1. The van der Waals surface area contributed by atoms with Crippen LogP contribution in [0.3, 0.4) is 0 Å². The van der Waals surface area contributed by atoms with E-state index in [0.717, 1.165) is 27.6 Å². The Labute approximate surface area is 80.2 Å². The molecule has 2 aromatic heterocycles. The molecule has 0 saturated heterocycles. The van der Waals surface area contributed by atoms with Gasteiger partial charge in [-0.25, -0.2) is 9.97 Å². The van der Waals surface area contributed by atoms with E-state index in [1.165, 1.54) is 11.8 Å². The highest BCUT2D eigenvalue weighted by atomic mass is 32.2. The first-order chi connectivity index (χ1) is 6.22. The summed E-state index contributed by atoms with van der Waals surface area (Å²) in [5, 5.41) is 8.82. The van der Waals surface area contributed by atoms with Gasteiger partial charge >= 0.3 is 0 Å². The second-order valence-electron chi connectivity index (χ2n) is 2.84. The fourth-order valence-electron chi connectivity index (χ4n) is 1.34. The lowest BCUT2D eigenvalue weighted by atomic mass is 10.2.